The van der Waals surface area contributed by atoms with Crippen LogP contribution in [-0.2, 0) is 0 Å². The Bertz CT molecular complexity index is 305. The first-order valence-corrected chi connectivity index (χ1v) is 5.46. The minimum Gasteiger partial charge on any atom is -0.465 e. The summed E-state index contributed by atoms with van der Waals surface area (Å²) in [6.07, 6.45) is 1.39. The van der Waals surface area contributed by atoms with E-state index in [0.717, 1.165) is 29.9 Å². The van der Waals surface area contributed by atoms with Gasteiger partial charge in [-0.2, -0.15) is 0 Å². The summed E-state index contributed by atoms with van der Waals surface area (Å²) in [4.78, 5) is 0. The predicted molar refractivity (Wildman–Crippen MR) is 57.1 cm³/mol. The minimum atomic E-state index is 0.344. The van der Waals surface area contributed by atoms with E-state index in [2.05, 4.69) is 25.2 Å². The highest BCUT2D eigenvalue weighted by molar-refractivity contribution is 5.09. The minimum absolute atomic E-state index is 0.344. The third kappa shape index (κ3) is 2.18. The smallest absolute Gasteiger partial charge is 0.120 e. The van der Waals surface area contributed by atoms with Gasteiger partial charge in [0.15, 0.2) is 0 Å². The van der Waals surface area contributed by atoms with E-state index in [1.807, 2.05) is 13.0 Å². The highest BCUT2D eigenvalue weighted by atomic mass is 16.3. The second-order valence-corrected chi connectivity index (χ2v) is 4.55. The quantitative estimate of drug-likeness (QED) is 0.795. The first-order valence-electron chi connectivity index (χ1n) is 5.46. The van der Waals surface area contributed by atoms with Crippen molar-refractivity contribution >= 4 is 0 Å². The molecule has 1 heterocycles. The first-order chi connectivity index (χ1) is 6.66. The van der Waals surface area contributed by atoms with Crippen LogP contribution in [0, 0.1) is 18.8 Å². The molecule has 0 bridgehead atoms. The number of hydrogen-bond acceptors (Lipinski definition) is 2. The van der Waals surface area contributed by atoms with Gasteiger partial charge in [-0.15, -0.1) is 0 Å². The lowest BCUT2D eigenvalue weighted by Gasteiger charge is -2.10. The second kappa shape index (κ2) is 3.77. The first kappa shape index (κ1) is 9.78. The van der Waals surface area contributed by atoms with Crippen LogP contribution in [0.3, 0.4) is 0 Å². The lowest BCUT2D eigenvalue weighted by Crippen LogP contribution is -2.21. The van der Waals surface area contributed by atoms with Gasteiger partial charge in [0, 0.05) is 0 Å². The molecule has 0 saturated heterocycles. The molecule has 3 unspecified atom stereocenters. The summed E-state index contributed by atoms with van der Waals surface area (Å²) in [5.41, 5.74) is 0. The summed E-state index contributed by atoms with van der Waals surface area (Å²) in [5.74, 6) is 3.87. The van der Waals surface area contributed by atoms with Crippen molar-refractivity contribution < 1.29 is 4.42 Å². The Morgan fingerprint density at radius 2 is 2.29 bits per heavy atom. The summed E-state index contributed by atoms with van der Waals surface area (Å²) < 4.78 is 5.56. The van der Waals surface area contributed by atoms with E-state index >= 15 is 0 Å². The fraction of sp³-hybridized carbons (Fsp3) is 0.667. The zero-order valence-electron chi connectivity index (χ0n) is 9.21. The number of aryl methyl sites for hydroxylation is 1. The molecular formula is C12H19NO. The van der Waals surface area contributed by atoms with E-state index in [9.17, 15) is 0 Å². The van der Waals surface area contributed by atoms with Crippen molar-refractivity contribution in [2.45, 2.75) is 33.2 Å². The maximum Gasteiger partial charge on any atom is 0.120 e. The van der Waals surface area contributed by atoms with Crippen LogP contribution in [0.1, 0.15) is 37.8 Å². The largest absolute Gasteiger partial charge is 0.465 e. The number of hydrogen-bond donors (Lipinski definition) is 1. The van der Waals surface area contributed by atoms with E-state index in [1.165, 1.54) is 6.42 Å². The van der Waals surface area contributed by atoms with Crippen molar-refractivity contribution in [2.75, 3.05) is 6.54 Å². The molecule has 2 rings (SSSR count). The maximum atomic E-state index is 5.56. The van der Waals surface area contributed by atoms with E-state index in [-0.39, 0.29) is 0 Å². The SMILES string of the molecule is Cc1ccc(C(C)NCC2CC2C)o1. The fourth-order valence-corrected chi connectivity index (χ4v) is 1.80. The standard InChI is InChI=1S/C12H19NO/c1-8-6-11(8)7-13-10(3)12-5-4-9(2)14-12/h4-5,8,10-11,13H,6-7H2,1-3H3. The summed E-state index contributed by atoms with van der Waals surface area (Å²) in [5, 5.41) is 3.51. The van der Waals surface area contributed by atoms with Crippen molar-refractivity contribution in [3.63, 3.8) is 0 Å². The third-order valence-electron chi connectivity index (χ3n) is 3.15. The fourth-order valence-electron chi connectivity index (χ4n) is 1.80. The van der Waals surface area contributed by atoms with Gasteiger partial charge >= 0.3 is 0 Å². The van der Waals surface area contributed by atoms with Crippen LogP contribution in [0.25, 0.3) is 0 Å². The molecule has 0 aliphatic heterocycles. The van der Waals surface area contributed by atoms with Crippen LogP contribution in [0.4, 0.5) is 0 Å². The molecule has 1 N–H and O–H groups in total. The number of furan rings is 1. The molecule has 2 heteroatoms. The molecule has 0 radical (unpaired) electrons. The average molecular weight is 193 g/mol. The highest BCUT2D eigenvalue weighted by Crippen LogP contribution is 2.37. The molecule has 1 aromatic heterocycles. The molecule has 0 spiro atoms. The van der Waals surface area contributed by atoms with Gasteiger partial charge in [0.25, 0.3) is 0 Å². The number of rotatable bonds is 4. The molecule has 3 atom stereocenters. The molecule has 14 heavy (non-hydrogen) atoms. The van der Waals surface area contributed by atoms with Gasteiger partial charge in [-0.3, -0.25) is 0 Å². The van der Waals surface area contributed by atoms with Crippen molar-refractivity contribution in [2.24, 2.45) is 11.8 Å². The summed E-state index contributed by atoms with van der Waals surface area (Å²) in [6.45, 7) is 7.58. The maximum absolute atomic E-state index is 5.56. The van der Waals surface area contributed by atoms with Crippen LogP contribution in [-0.4, -0.2) is 6.54 Å². The molecule has 1 aliphatic rings. The van der Waals surface area contributed by atoms with Crippen molar-refractivity contribution in [3.05, 3.63) is 23.7 Å². The van der Waals surface area contributed by atoms with Crippen LogP contribution >= 0.6 is 0 Å². The Kier molecular flexibility index (Phi) is 2.64. The average Bonchev–Trinajstić information content (AvgIpc) is 2.66. The van der Waals surface area contributed by atoms with Crippen molar-refractivity contribution in [1.82, 2.24) is 5.32 Å². The molecule has 1 saturated carbocycles. The molecule has 1 aromatic rings. The van der Waals surface area contributed by atoms with E-state index < -0.39 is 0 Å². The zero-order chi connectivity index (χ0) is 10.1. The van der Waals surface area contributed by atoms with Crippen LogP contribution in [0.2, 0.25) is 0 Å². The second-order valence-electron chi connectivity index (χ2n) is 4.55. The normalized spacial score (nSPS) is 27.6. The molecule has 0 amide bonds. The molecule has 78 valence electrons. The van der Waals surface area contributed by atoms with Gasteiger partial charge in [0.2, 0.25) is 0 Å². The Morgan fingerprint density at radius 3 is 2.79 bits per heavy atom. The Morgan fingerprint density at radius 1 is 1.57 bits per heavy atom. The molecule has 1 aliphatic carbocycles. The summed E-state index contributed by atoms with van der Waals surface area (Å²) >= 11 is 0. The van der Waals surface area contributed by atoms with Crippen LogP contribution < -0.4 is 5.32 Å². The Labute approximate surface area is 85.7 Å². The van der Waals surface area contributed by atoms with E-state index in [0.29, 0.717) is 6.04 Å². The Hall–Kier alpha value is -0.760. The zero-order valence-corrected chi connectivity index (χ0v) is 9.21. The van der Waals surface area contributed by atoms with Crippen molar-refractivity contribution in [3.8, 4) is 0 Å². The topological polar surface area (TPSA) is 25.2 Å². The van der Waals surface area contributed by atoms with Crippen molar-refractivity contribution in [1.29, 1.82) is 0 Å². The number of nitrogens with one attached hydrogen (secondary N) is 1. The van der Waals surface area contributed by atoms with E-state index in [1.54, 1.807) is 0 Å². The predicted octanol–water partition coefficient (Wildman–Crippen LogP) is 2.89. The molecular weight excluding hydrogens is 174 g/mol. The van der Waals surface area contributed by atoms with Crippen LogP contribution in [0.15, 0.2) is 16.5 Å². The lowest BCUT2D eigenvalue weighted by atomic mass is 10.2. The van der Waals surface area contributed by atoms with Gasteiger partial charge in [-0.1, -0.05) is 6.92 Å². The molecule has 0 aromatic carbocycles. The monoisotopic (exact) mass is 193 g/mol. The molecule has 2 nitrogen and oxygen atoms in total. The highest BCUT2D eigenvalue weighted by Gasteiger charge is 2.32. The van der Waals surface area contributed by atoms with Gasteiger partial charge in [-0.05, 0) is 50.8 Å². The summed E-state index contributed by atoms with van der Waals surface area (Å²) in [7, 11) is 0. The summed E-state index contributed by atoms with van der Waals surface area (Å²) in [6, 6.07) is 4.42. The van der Waals surface area contributed by atoms with E-state index in [4.69, 9.17) is 4.42 Å². The van der Waals surface area contributed by atoms with Gasteiger partial charge in [0.1, 0.15) is 11.5 Å². The molecule has 1 fully saturated rings. The lowest BCUT2D eigenvalue weighted by molar-refractivity contribution is 0.410. The van der Waals surface area contributed by atoms with Gasteiger partial charge in [-0.25, -0.2) is 0 Å². The Balaban J connectivity index is 1.80. The third-order valence-corrected chi connectivity index (χ3v) is 3.15. The van der Waals surface area contributed by atoms with Gasteiger partial charge in [0.05, 0.1) is 6.04 Å². The van der Waals surface area contributed by atoms with Gasteiger partial charge < -0.3 is 9.73 Å². The van der Waals surface area contributed by atoms with Crippen LogP contribution in [0.5, 0.6) is 0 Å².